The average molecular weight is 1420 g/mol. The fraction of sp³-hybridized carbons (Fsp3) is 0.621. The van der Waals surface area contributed by atoms with Gasteiger partial charge in [-0.1, -0.05) is 96.9 Å². The first kappa shape index (κ1) is 84.7. The second-order valence-corrected chi connectivity index (χ2v) is 26.1. The number of amides is 12. The Morgan fingerprint density at radius 2 is 1.48 bits per heavy atom. The zero-order valence-electron chi connectivity index (χ0n) is 58.8. The van der Waals surface area contributed by atoms with Crippen LogP contribution in [0.25, 0.3) is 0 Å². The standard InChI is InChI=1S/C66H102ClN13O19/c1-16-32(5)26-33(6)18-23-46(83)36(9)57(87)70-29-48(85)73-43(17-2)59(89)76-50(37(10)68)61(91)75-49(34(7)35(8)56(69)86)60(90)77-51-54(31(3)4)99-66(96)45-27-41(67)24-25-80(45)65(95)52(55(98-15)40-19-21-42(82)22-20-40)78-63(93)53(39(12)81)79(13)64(94)38(11)72-47(84)28-71-58(88)44(30-97-14)74-62(51)92/h17-23,26,31-32,34-39,41,44-46,49-55,81-83H,16,24-25,27-30,68H2,1-15H3,(H2,69,86)(H,70,87)(H,71,88)(H,72,84)(H,73,85)(H,74,92)(H,75,91)(H,76,89)(H,77,90)(H,78,93)/b23-18-,33-26+,43-17-/t32?,34-,35+,36?,37-,38-,39+,41-,44+,45?,46?,49?,50-,51+,52?,53?,54+,55+/m0/s1. The Bertz CT molecular complexity index is 3130. The van der Waals surface area contributed by atoms with Crippen LogP contribution in [0.3, 0.4) is 0 Å². The van der Waals surface area contributed by atoms with Crippen molar-refractivity contribution in [2.75, 3.05) is 47.5 Å². The molecule has 1 aromatic carbocycles. The first-order valence-corrected chi connectivity index (χ1v) is 33.1. The number of aromatic hydroxyl groups is 1. The number of allylic oxidation sites excluding steroid dienone is 4. The smallest absolute Gasteiger partial charge is 0.329 e. The minimum absolute atomic E-state index is 0.0579. The van der Waals surface area contributed by atoms with Crippen LogP contribution in [0.15, 0.2) is 59.8 Å². The van der Waals surface area contributed by atoms with Gasteiger partial charge in [-0.3, -0.25) is 57.5 Å². The van der Waals surface area contributed by atoms with Gasteiger partial charge in [0, 0.05) is 45.1 Å². The normalized spacial score (nSPS) is 24.5. The highest BCUT2D eigenvalue weighted by Gasteiger charge is 2.48. The van der Waals surface area contributed by atoms with Crippen molar-refractivity contribution < 1.29 is 91.9 Å². The summed E-state index contributed by atoms with van der Waals surface area (Å²) in [5.74, 6) is -18.1. The molecular formula is C66H102ClN13O19. The Morgan fingerprint density at radius 1 is 0.848 bits per heavy atom. The number of methoxy groups -OCH3 is 2. The van der Waals surface area contributed by atoms with Gasteiger partial charge < -0.3 is 98.6 Å². The first-order valence-electron chi connectivity index (χ1n) is 32.7. The number of hydrogen-bond acceptors (Lipinski definition) is 20. The number of halogens is 1. The van der Waals surface area contributed by atoms with E-state index in [1.165, 1.54) is 106 Å². The lowest BCUT2D eigenvalue weighted by Crippen LogP contribution is -2.66. The van der Waals surface area contributed by atoms with Gasteiger partial charge in [0.05, 0.1) is 37.8 Å². The maximum absolute atomic E-state index is 15.4. The summed E-state index contributed by atoms with van der Waals surface area (Å²) in [6, 6.07) is -10.1. The number of ether oxygens (including phenoxy) is 3. The fourth-order valence-electron chi connectivity index (χ4n) is 10.8. The molecule has 32 nitrogen and oxygen atoms in total. The van der Waals surface area contributed by atoms with Crippen molar-refractivity contribution in [2.45, 2.75) is 187 Å². The van der Waals surface area contributed by atoms with Crippen molar-refractivity contribution in [2.24, 2.45) is 41.1 Å². The third kappa shape index (κ3) is 24.7. The lowest BCUT2D eigenvalue weighted by Gasteiger charge is -2.41. The lowest BCUT2D eigenvalue weighted by molar-refractivity contribution is -0.168. The molecule has 12 amide bonds. The predicted molar refractivity (Wildman–Crippen MR) is 361 cm³/mol. The van der Waals surface area contributed by atoms with Gasteiger partial charge in [-0.15, -0.1) is 11.6 Å². The quantitative estimate of drug-likeness (QED) is 0.0205. The molecule has 0 saturated carbocycles. The van der Waals surface area contributed by atoms with Gasteiger partial charge >= 0.3 is 5.97 Å². The number of aliphatic hydroxyl groups is 2. The second-order valence-electron chi connectivity index (χ2n) is 25.4. The number of benzene rings is 1. The maximum Gasteiger partial charge on any atom is 0.329 e. The average Bonchev–Trinajstić information content (AvgIpc) is 0.758. The van der Waals surface area contributed by atoms with Crippen LogP contribution >= 0.6 is 11.6 Å². The number of primary amides is 1. The summed E-state index contributed by atoms with van der Waals surface area (Å²) in [5.41, 5.74) is 12.7. The molecule has 2 aliphatic rings. The number of carbonyl (C=O) groups is 13. The molecule has 2 aliphatic heterocycles. The van der Waals surface area contributed by atoms with Gasteiger partial charge in [-0.2, -0.15) is 0 Å². The molecule has 0 aromatic heterocycles. The summed E-state index contributed by atoms with van der Waals surface area (Å²) in [5, 5.41) is 53.2. The molecule has 0 bridgehead atoms. The molecule has 0 radical (unpaired) electrons. The molecule has 3 rings (SSSR count). The summed E-state index contributed by atoms with van der Waals surface area (Å²) < 4.78 is 17.3. The summed E-state index contributed by atoms with van der Waals surface area (Å²) in [7, 11) is 3.53. The highest BCUT2D eigenvalue weighted by atomic mass is 35.5. The van der Waals surface area contributed by atoms with Gasteiger partial charge in [-0.25, -0.2) is 4.79 Å². The fourth-order valence-corrected chi connectivity index (χ4v) is 11.1. The maximum atomic E-state index is 15.4. The summed E-state index contributed by atoms with van der Waals surface area (Å²) in [6.45, 7) is 15.7. The second kappa shape index (κ2) is 39.9. The minimum atomic E-state index is -2.11. The number of phenols is 1. The summed E-state index contributed by atoms with van der Waals surface area (Å²) >= 11 is 6.76. The number of fused-ring (bicyclic) bond motifs is 1. The van der Waals surface area contributed by atoms with E-state index < -0.39 is 210 Å². The third-order valence-corrected chi connectivity index (χ3v) is 17.6. The zero-order chi connectivity index (χ0) is 75.0. The van der Waals surface area contributed by atoms with Crippen LogP contribution in [0, 0.1) is 29.6 Å². The van der Waals surface area contributed by atoms with Gasteiger partial charge in [0.15, 0.2) is 0 Å². The van der Waals surface area contributed by atoms with E-state index in [1.807, 2.05) is 26.8 Å². The molecule has 16 N–H and O–H groups in total. The molecule has 7 unspecified atom stereocenters. The topological polar surface area (TPSA) is 477 Å². The Kier molecular flexibility index (Phi) is 34.1. The number of nitrogens with two attached hydrogens (primary N) is 2. The van der Waals surface area contributed by atoms with E-state index >= 15 is 19.2 Å². The highest BCUT2D eigenvalue weighted by Crippen LogP contribution is 2.31. The van der Waals surface area contributed by atoms with Crippen LogP contribution in [0.4, 0.5) is 0 Å². The molecule has 1 aromatic rings. The highest BCUT2D eigenvalue weighted by molar-refractivity contribution is 6.21. The number of cyclic esters (lactones) is 1. The Morgan fingerprint density at radius 3 is 2.04 bits per heavy atom. The molecule has 99 heavy (non-hydrogen) atoms. The lowest BCUT2D eigenvalue weighted by atomic mass is 9.87. The van der Waals surface area contributed by atoms with E-state index in [4.69, 9.17) is 37.3 Å². The van der Waals surface area contributed by atoms with E-state index in [9.17, 15) is 58.5 Å². The van der Waals surface area contributed by atoms with Crippen molar-refractivity contribution in [3.8, 4) is 5.75 Å². The number of alkyl halides is 1. The van der Waals surface area contributed by atoms with E-state index in [0.29, 0.717) is 5.92 Å². The van der Waals surface area contributed by atoms with Crippen LogP contribution in [0.2, 0.25) is 0 Å². The molecule has 0 aliphatic carbocycles. The van der Waals surface area contributed by atoms with Gasteiger partial charge in [0.1, 0.15) is 72.0 Å². The van der Waals surface area contributed by atoms with Gasteiger partial charge in [0.2, 0.25) is 65.0 Å². The molecule has 2 heterocycles. The van der Waals surface area contributed by atoms with E-state index in [0.717, 1.165) is 36.0 Å². The third-order valence-electron chi connectivity index (χ3n) is 17.2. The van der Waals surface area contributed by atoms with Crippen molar-refractivity contribution in [1.82, 2.24) is 57.7 Å². The molecule has 2 fully saturated rings. The number of carbonyl (C=O) groups excluding carboxylic acids is 13. The van der Waals surface area contributed by atoms with E-state index in [2.05, 4.69) is 47.9 Å². The number of piperidine rings is 1. The predicted octanol–water partition coefficient (Wildman–Crippen LogP) is -2.05. The van der Waals surface area contributed by atoms with Crippen molar-refractivity contribution in [1.29, 1.82) is 0 Å². The van der Waals surface area contributed by atoms with Crippen molar-refractivity contribution in [3.63, 3.8) is 0 Å². The molecule has 33 heteroatoms. The largest absolute Gasteiger partial charge is 0.508 e. The Hall–Kier alpha value is -8.56. The number of esters is 1. The Labute approximate surface area is 582 Å². The SMILES string of the molecule is C/C=C(\NC(=O)CNC(=O)C(C)C(O)/C=C\C(C)=C\C(C)CC)C(=O)N[C@H](C(=O)NC(C(=O)N[C@H]1C(=O)N[C@H](COC)C(=O)NCC(=O)N[C@@H](C)C(=O)N(C)C([C@@H](C)O)C(=O)NC([C@H](OC)c2ccc(O)cc2)C(=O)N2CC[C@H](Cl)CC2C(=O)O[C@@H]1C(C)C)[C@@H](C)[C@@H](C)C(N)=O)[C@H](C)N. The Balaban J connectivity index is 2.19. The van der Waals surface area contributed by atoms with Gasteiger partial charge in [0.25, 0.3) is 5.91 Å². The number of nitrogens with zero attached hydrogens (tertiary/aromatic N) is 2. The molecule has 18 atom stereocenters. The van der Waals surface area contributed by atoms with Gasteiger partial charge in [-0.05, 0) is 82.9 Å². The number of rotatable bonds is 26. The minimum Gasteiger partial charge on any atom is -0.508 e. The number of phenolic OH excluding ortho intramolecular Hbond substituents is 1. The summed E-state index contributed by atoms with van der Waals surface area (Å²) in [4.78, 5) is 186. The van der Waals surface area contributed by atoms with Crippen LogP contribution < -0.4 is 59.3 Å². The van der Waals surface area contributed by atoms with Crippen molar-refractivity contribution in [3.05, 3.63) is 65.4 Å². The first-order chi connectivity index (χ1) is 46.3. The molecular weight excluding hydrogens is 1310 g/mol. The van der Waals surface area contributed by atoms with Crippen LogP contribution in [0.1, 0.15) is 114 Å². The van der Waals surface area contributed by atoms with E-state index in [-0.39, 0.29) is 30.7 Å². The number of nitrogens with one attached hydrogen (secondary N) is 9. The molecule has 552 valence electrons. The molecule has 2 saturated heterocycles. The number of hydrogen-bond donors (Lipinski definition) is 14. The summed E-state index contributed by atoms with van der Waals surface area (Å²) in [6.07, 6.45) is 0.864. The number of likely N-dealkylation sites (N-methyl/N-ethyl adjacent to an activating group) is 1. The monoisotopic (exact) mass is 1420 g/mol. The van der Waals surface area contributed by atoms with Crippen LogP contribution in [-0.2, 0) is 76.5 Å². The van der Waals surface area contributed by atoms with E-state index in [1.54, 1.807) is 6.08 Å². The number of aliphatic hydroxyl groups excluding tert-OH is 2. The van der Waals surface area contributed by atoms with Crippen molar-refractivity contribution >= 4 is 88.5 Å². The van der Waals surface area contributed by atoms with Crippen LogP contribution in [0.5, 0.6) is 5.75 Å². The zero-order valence-corrected chi connectivity index (χ0v) is 59.6. The van der Waals surface area contributed by atoms with Crippen LogP contribution in [-0.4, -0.2) is 228 Å². The molecule has 0 spiro atoms.